The second-order valence-corrected chi connectivity index (χ2v) is 10.7. The number of fused-ring (bicyclic) bond motifs is 1. The van der Waals surface area contributed by atoms with Gasteiger partial charge in [-0.1, -0.05) is 24.3 Å². The van der Waals surface area contributed by atoms with Crippen LogP contribution in [0.3, 0.4) is 0 Å². The molecule has 4 rings (SSSR count). The molecule has 0 spiro atoms. The summed E-state index contributed by atoms with van der Waals surface area (Å²) in [7, 11) is -0.848. The molecule has 0 aliphatic rings. The second-order valence-electron chi connectivity index (χ2n) is 7.23. The molecule has 0 unspecified atom stereocenters. The van der Waals surface area contributed by atoms with Crippen molar-refractivity contribution in [3.8, 4) is 5.75 Å². The zero-order chi connectivity index (χ0) is 21.3. The van der Waals surface area contributed by atoms with E-state index in [1.54, 1.807) is 26.8 Å². The van der Waals surface area contributed by atoms with E-state index >= 15 is 0 Å². The van der Waals surface area contributed by atoms with E-state index in [0.717, 1.165) is 16.6 Å². The number of para-hydroxylation sites is 1. The molecular formula is C21H21ClN5O2P. The highest BCUT2D eigenvalue weighted by molar-refractivity contribution is 7.70. The van der Waals surface area contributed by atoms with Crippen molar-refractivity contribution >= 4 is 46.7 Å². The summed E-state index contributed by atoms with van der Waals surface area (Å²) >= 11 is 6.22. The average molecular weight is 442 g/mol. The van der Waals surface area contributed by atoms with Gasteiger partial charge >= 0.3 is 0 Å². The molecule has 0 fully saturated rings. The van der Waals surface area contributed by atoms with Crippen LogP contribution in [-0.2, 0) is 11.1 Å². The van der Waals surface area contributed by atoms with Gasteiger partial charge in [0.15, 0.2) is 17.0 Å². The summed E-state index contributed by atoms with van der Waals surface area (Å²) in [6, 6.07) is 15.3. The minimum absolute atomic E-state index is 0.107. The number of nitrogens with one attached hydrogen (secondary N) is 1. The summed E-state index contributed by atoms with van der Waals surface area (Å²) in [5.74, 6) is 1.27. The fourth-order valence-corrected chi connectivity index (χ4v) is 4.54. The lowest BCUT2D eigenvalue weighted by Gasteiger charge is -2.15. The van der Waals surface area contributed by atoms with Gasteiger partial charge in [-0.05, 0) is 54.8 Å². The Bertz CT molecular complexity index is 1250. The number of hydrogen-bond acceptors (Lipinski definition) is 6. The van der Waals surface area contributed by atoms with Crippen LogP contribution in [0.25, 0.3) is 11.2 Å². The molecule has 2 heterocycles. The Labute approximate surface area is 179 Å². The Kier molecular flexibility index (Phi) is 5.50. The number of imidazole rings is 1. The van der Waals surface area contributed by atoms with Crippen molar-refractivity contribution in [3.05, 3.63) is 65.7 Å². The predicted molar refractivity (Wildman–Crippen MR) is 121 cm³/mol. The molecule has 4 aromatic rings. The molecule has 154 valence electrons. The monoisotopic (exact) mass is 441 g/mol. The third-order valence-corrected chi connectivity index (χ3v) is 6.41. The Hall–Kier alpha value is -2.89. The van der Waals surface area contributed by atoms with Gasteiger partial charge in [-0.2, -0.15) is 9.97 Å². The first-order valence-electron chi connectivity index (χ1n) is 9.28. The fraction of sp³-hybridized carbons (Fsp3) is 0.190. The highest BCUT2D eigenvalue weighted by Gasteiger charge is 2.18. The van der Waals surface area contributed by atoms with Gasteiger partial charge in [0, 0.05) is 5.30 Å². The second kappa shape index (κ2) is 8.09. The zero-order valence-corrected chi connectivity index (χ0v) is 18.5. The summed E-state index contributed by atoms with van der Waals surface area (Å²) in [6.07, 6.45) is 1.71. The van der Waals surface area contributed by atoms with Crippen molar-refractivity contribution < 1.29 is 9.30 Å². The normalized spacial score (nSPS) is 11.6. The smallest absolute Gasteiger partial charge is 0.226 e. The SMILES string of the molecule is COc1ccc(Cn2cnc3c(Nc4ccccc4P(C)(C)=O)nc(Cl)nc32)cc1. The molecular weight excluding hydrogens is 421 g/mol. The van der Waals surface area contributed by atoms with Crippen LogP contribution in [0.15, 0.2) is 54.9 Å². The number of hydrogen-bond donors (Lipinski definition) is 1. The van der Waals surface area contributed by atoms with Crippen LogP contribution in [-0.4, -0.2) is 40.0 Å². The largest absolute Gasteiger partial charge is 0.497 e. The number of benzene rings is 2. The lowest BCUT2D eigenvalue weighted by Crippen LogP contribution is -2.10. The average Bonchev–Trinajstić information content (AvgIpc) is 3.11. The lowest BCUT2D eigenvalue weighted by molar-refractivity contribution is 0.414. The molecule has 0 aliphatic carbocycles. The molecule has 1 N–H and O–H groups in total. The number of nitrogens with zero attached hydrogens (tertiary/aromatic N) is 4. The lowest BCUT2D eigenvalue weighted by atomic mass is 10.2. The van der Waals surface area contributed by atoms with Gasteiger partial charge in [0.2, 0.25) is 5.28 Å². The molecule has 9 heteroatoms. The van der Waals surface area contributed by atoms with E-state index < -0.39 is 7.14 Å². The van der Waals surface area contributed by atoms with Crippen LogP contribution in [0.1, 0.15) is 5.56 Å². The first-order chi connectivity index (χ1) is 14.3. The number of anilines is 2. The molecule has 0 amide bonds. The first kappa shape index (κ1) is 20.4. The Balaban J connectivity index is 1.72. The van der Waals surface area contributed by atoms with Crippen LogP contribution in [0, 0.1) is 0 Å². The number of aromatic nitrogens is 4. The Morgan fingerprint density at radius 2 is 1.83 bits per heavy atom. The van der Waals surface area contributed by atoms with Crippen molar-refractivity contribution in [2.75, 3.05) is 25.8 Å². The zero-order valence-electron chi connectivity index (χ0n) is 16.8. The molecule has 2 aromatic carbocycles. The Morgan fingerprint density at radius 3 is 2.53 bits per heavy atom. The predicted octanol–water partition coefficient (Wildman–Crippen LogP) is 4.53. The Morgan fingerprint density at radius 1 is 1.10 bits per heavy atom. The summed E-state index contributed by atoms with van der Waals surface area (Å²) in [6.45, 7) is 4.04. The number of halogens is 1. The number of methoxy groups -OCH3 is 1. The van der Waals surface area contributed by atoms with E-state index in [0.29, 0.717) is 29.2 Å². The molecule has 0 saturated carbocycles. The highest BCUT2D eigenvalue weighted by Crippen LogP contribution is 2.38. The van der Waals surface area contributed by atoms with Crippen LogP contribution in [0.5, 0.6) is 5.75 Å². The van der Waals surface area contributed by atoms with Gasteiger partial charge in [-0.3, -0.25) is 0 Å². The van der Waals surface area contributed by atoms with Crippen molar-refractivity contribution in [1.29, 1.82) is 0 Å². The summed E-state index contributed by atoms with van der Waals surface area (Å²) in [4.78, 5) is 13.2. The van der Waals surface area contributed by atoms with Gasteiger partial charge in [0.25, 0.3) is 0 Å². The standard InChI is InChI=1S/C21H21ClN5O2P/c1-29-15-10-8-14(9-11-15)12-27-13-23-18-19(25-21(22)26-20(18)27)24-16-6-4-5-7-17(16)30(2,3)28/h4-11,13H,12H2,1-3H3,(H,24,25,26). The van der Waals surface area contributed by atoms with Crippen molar-refractivity contribution in [3.63, 3.8) is 0 Å². The van der Waals surface area contributed by atoms with Crippen LogP contribution >= 0.6 is 18.7 Å². The molecule has 0 bridgehead atoms. The van der Waals surface area contributed by atoms with E-state index in [-0.39, 0.29) is 5.28 Å². The van der Waals surface area contributed by atoms with Gasteiger partial charge in [0.1, 0.15) is 12.9 Å². The molecule has 0 saturated heterocycles. The molecule has 0 atom stereocenters. The van der Waals surface area contributed by atoms with Gasteiger partial charge < -0.3 is 19.2 Å². The number of ether oxygens (including phenoxy) is 1. The minimum atomic E-state index is -2.49. The van der Waals surface area contributed by atoms with Gasteiger partial charge in [0.05, 0.1) is 25.7 Å². The van der Waals surface area contributed by atoms with E-state index in [1.165, 1.54) is 0 Å². The minimum Gasteiger partial charge on any atom is -0.497 e. The molecule has 0 aliphatic heterocycles. The van der Waals surface area contributed by atoms with Crippen LogP contribution in [0.2, 0.25) is 5.28 Å². The van der Waals surface area contributed by atoms with Crippen molar-refractivity contribution in [1.82, 2.24) is 19.5 Å². The summed E-state index contributed by atoms with van der Waals surface area (Å²) < 4.78 is 19.8. The van der Waals surface area contributed by atoms with Crippen molar-refractivity contribution in [2.45, 2.75) is 6.54 Å². The molecule has 2 aromatic heterocycles. The van der Waals surface area contributed by atoms with E-state index in [4.69, 9.17) is 16.3 Å². The van der Waals surface area contributed by atoms with Gasteiger partial charge in [-0.25, -0.2) is 4.98 Å². The third-order valence-electron chi connectivity index (χ3n) is 4.69. The van der Waals surface area contributed by atoms with Gasteiger partial charge in [-0.15, -0.1) is 0 Å². The quantitative estimate of drug-likeness (QED) is 0.350. The fourth-order valence-electron chi connectivity index (χ4n) is 3.22. The maximum Gasteiger partial charge on any atom is 0.226 e. The first-order valence-corrected chi connectivity index (χ1v) is 12.3. The summed E-state index contributed by atoms with van der Waals surface area (Å²) in [5.41, 5.74) is 2.99. The molecule has 0 radical (unpaired) electrons. The van der Waals surface area contributed by atoms with Crippen molar-refractivity contribution in [2.24, 2.45) is 0 Å². The maximum atomic E-state index is 12.7. The van der Waals surface area contributed by atoms with E-state index in [1.807, 2.05) is 53.1 Å². The maximum absolute atomic E-state index is 12.7. The molecule has 7 nitrogen and oxygen atoms in total. The summed E-state index contributed by atoms with van der Waals surface area (Å²) in [5, 5.41) is 4.10. The van der Waals surface area contributed by atoms with Crippen LogP contribution < -0.4 is 15.4 Å². The highest BCUT2D eigenvalue weighted by atomic mass is 35.5. The third kappa shape index (κ3) is 4.18. The van der Waals surface area contributed by atoms with E-state index in [2.05, 4.69) is 20.3 Å². The van der Waals surface area contributed by atoms with Crippen LogP contribution in [0.4, 0.5) is 11.5 Å². The molecule has 30 heavy (non-hydrogen) atoms. The number of rotatable bonds is 6. The topological polar surface area (TPSA) is 81.9 Å². The van der Waals surface area contributed by atoms with E-state index in [9.17, 15) is 4.57 Å².